The minimum Gasteiger partial charge on any atom is -0.478 e. The SMILES string of the molecule is CN1CCN(C2C(F)CC3C(=O)C(C(=O)O)=CN4C5CCC(O)CC5OC2C34)CC1. The van der Waals surface area contributed by atoms with Crippen LogP contribution < -0.4 is 0 Å². The molecule has 5 aliphatic rings. The third-order valence-electron chi connectivity index (χ3n) is 7.79. The third-order valence-corrected chi connectivity index (χ3v) is 7.79. The van der Waals surface area contributed by atoms with E-state index >= 15 is 4.39 Å². The van der Waals surface area contributed by atoms with Crippen molar-refractivity contribution in [2.45, 2.75) is 68.3 Å². The molecule has 0 aromatic carbocycles. The maximum atomic E-state index is 15.6. The summed E-state index contributed by atoms with van der Waals surface area (Å²) in [5.41, 5.74) is -0.257. The lowest BCUT2D eigenvalue weighted by Crippen LogP contribution is -2.74. The second kappa shape index (κ2) is 7.55. The normalized spacial score (nSPS) is 44.8. The lowest BCUT2D eigenvalue weighted by atomic mass is 9.69. The molecule has 8 unspecified atom stereocenters. The Kier molecular flexibility index (Phi) is 5.12. The first-order chi connectivity index (χ1) is 14.3. The largest absolute Gasteiger partial charge is 0.478 e. The zero-order chi connectivity index (χ0) is 21.2. The summed E-state index contributed by atoms with van der Waals surface area (Å²) in [7, 11) is 2.05. The number of Topliss-reactive ketones (excluding diaryl/α,β-unsaturated/α-hetero) is 1. The van der Waals surface area contributed by atoms with Crippen molar-refractivity contribution in [1.29, 1.82) is 0 Å². The van der Waals surface area contributed by atoms with Crippen molar-refractivity contribution in [3.63, 3.8) is 0 Å². The van der Waals surface area contributed by atoms with Crippen LogP contribution in [0.3, 0.4) is 0 Å². The van der Waals surface area contributed by atoms with Crippen molar-refractivity contribution in [2.75, 3.05) is 33.2 Å². The summed E-state index contributed by atoms with van der Waals surface area (Å²) in [4.78, 5) is 31.0. The molecule has 2 saturated heterocycles. The Hall–Kier alpha value is -1.55. The summed E-state index contributed by atoms with van der Waals surface area (Å²) in [6.45, 7) is 3.17. The van der Waals surface area contributed by atoms with E-state index in [9.17, 15) is 19.8 Å². The van der Waals surface area contributed by atoms with Crippen LogP contribution in [0.25, 0.3) is 0 Å². The number of carboxylic acid groups (broad SMARTS) is 1. The second-order valence-corrected chi connectivity index (χ2v) is 9.51. The van der Waals surface area contributed by atoms with Gasteiger partial charge in [0.1, 0.15) is 11.7 Å². The van der Waals surface area contributed by atoms with Gasteiger partial charge in [0.05, 0.1) is 36.4 Å². The molecule has 2 saturated carbocycles. The van der Waals surface area contributed by atoms with E-state index in [1.54, 1.807) is 0 Å². The van der Waals surface area contributed by atoms with Crippen LogP contribution in [0.5, 0.6) is 0 Å². The van der Waals surface area contributed by atoms with Crippen molar-refractivity contribution in [3.8, 4) is 0 Å². The number of rotatable bonds is 2. The molecule has 2 aliphatic carbocycles. The van der Waals surface area contributed by atoms with Gasteiger partial charge in [-0.1, -0.05) is 0 Å². The molecular formula is C21H30FN3O5. The van der Waals surface area contributed by atoms with Crippen LogP contribution in [-0.2, 0) is 14.3 Å². The van der Waals surface area contributed by atoms with Crippen LogP contribution in [0.4, 0.5) is 4.39 Å². The lowest BCUT2D eigenvalue weighted by Gasteiger charge is -2.60. The molecule has 0 amide bonds. The van der Waals surface area contributed by atoms with Crippen LogP contribution in [0.15, 0.2) is 11.8 Å². The van der Waals surface area contributed by atoms with Crippen LogP contribution in [-0.4, -0.2) is 113 Å². The Morgan fingerprint density at radius 2 is 1.90 bits per heavy atom. The number of aliphatic hydroxyl groups excluding tert-OH is 1. The van der Waals surface area contributed by atoms with Gasteiger partial charge >= 0.3 is 5.97 Å². The van der Waals surface area contributed by atoms with E-state index in [0.717, 1.165) is 26.2 Å². The van der Waals surface area contributed by atoms with Gasteiger partial charge in [-0.3, -0.25) is 9.69 Å². The number of likely N-dealkylation sites (N-methyl/N-ethyl adjacent to an activating group) is 1. The average Bonchev–Trinajstić information content (AvgIpc) is 2.70. The topological polar surface area (TPSA) is 93.6 Å². The van der Waals surface area contributed by atoms with E-state index in [0.29, 0.717) is 19.3 Å². The van der Waals surface area contributed by atoms with Crippen LogP contribution >= 0.6 is 0 Å². The van der Waals surface area contributed by atoms with Gasteiger partial charge in [0.15, 0.2) is 5.78 Å². The van der Waals surface area contributed by atoms with Crippen LogP contribution in [0, 0.1) is 5.92 Å². The zero-order valence-corrected chi connectivity index (χ0v) is 17.2. The molecule has 0 bridgehead atoms. The molecule has 3 heterocycles. The first kappa shape index (κ1) is 20.4. The number of aliphatic hydroxyl groups is 1. The van der Waals surface area contributed by atoms with Gasteiger partial charge in [-0.25, -0.2) is 9.18 Å². The number of hydrogen-bond acceptors (Lipinski definition) is 7. The Bertz CT molecular complexity index is 755. The van der Waals surface area contributed by atoms with Gasteiger partial charge in [0.2, 0.25) is 0 Å². The number of ketones is 1. The van der Waals surface area contributed by atoms with Crippen molar-refractivity contribution in [1.82, 2.24) is 14.7 Å². The summed E-state index contributed by atoms with van der Waals surface area (Å²) >= 11 is 0. The maximum absolute atomic E-state index is 15.6. The fourth-order valence-corrected chi connectivity index (χ4v) is 6.27. The van der Waals surface area contributed by atoms with Crippen LogP contribution in [0.2, 0.25) is 0 Å². The molecule has 0 radical (unpaired) electrons. The van der Waals surface area contributed by atoms with Gasteiger partial charge in [-0.15, -0.1) is 0 Å². The highest BCUT2D eigenvalue weighted by Crippen LogP contribution is 2.46. The smallest absolute Gasteiger partial charge is 0.340 e. The number of fused-ring (bicyclic) bond motifs is 2. The number of ether oxygens (including phenoxy) is 1. The van der Waals surface area contributed by atoms with Gasteiger partial charge in [-0.05, 0) is 26.3 Å². The van der Waals surface area contributed by atoms with E-state index in [4.69, 9.17) is 4.74 Å². The quantitative estimate of drug-likeness (QED) is 0.593. The fraction of sp³-hybridized carbons (Fsp3) is 0.810. The van der Waals surface area contributed by atoms with Crippen molar-refractivity contribution in [2.24, 2.45) is 5.92 Å². The average molecular weight is 423 g/mol. The highest BCUT2D eigenvalue weighted by molar-refractivity contribution is 6.18. The Morgan fingerprint density at radius 3 is 2.60 bits per heavy atom. The predicted molar refractivity (Wildman–Crippen MR) is 105 cm³/mol. The number of aliphatic carboxylic acids is 1. The summed E-state index contributed by atoms with van der Waals surface area (Å²) in [5.74, 6) is -2.45. The number of carbonyl (C=O) groups excluding carboxylic acids is 1. The molecule has 9 heteroatoms. The number of piperazine rings is 1. The number of carbonyl (C=O) groups is 2. The molecule has 4 fully saturated rings. The Labute approximate surface area is 175 Å². The van der Waals surface area contributed by atoms with E-state index < -0.39 is 42.1 Å². The van der Waals surface area contributed by atoms with Crippen LogP contribution in [0.1, 0.15) is 25.7 Å². The van der Waals surface area contributed by atoms with E-state index in [1.807, 2.05) is 11.9 Å². The second-order valence-electron chi connectivity index (χ2n) is 9.51. The zero-order valence-electron chi connectivity index (χ0n) is 17.2. The first-order valence-corrected chi connectivity index (χ1v) is 11.0. The summed E-state index contributed by atoms with van der Waals surface area (Å²) in [6, 6.07) is -0.910. The molecule has 166 valence electrons. The number of halogens is 1. The molecule has 5 rings (SSSR count). The highest BCUT2D eigenvalue weighted by atomic mass is 19.1. The number of nitrogens with zero attached hydrogens (tertiary/aromatic N) is 3. The molecule has 30 heavy (non-hydrogen) atoms. The van der Waals surface area contributed by atoms with Gasteiger partial charge < -0.3 is 24.7 Å². The van der Waals surface area contributed by atoms with Gasteiger partial charge in [0, 0.05) is 44.7 Å². The maximum Gasteiger partial charge on any atom is 0.340 e. The Morgan fingerprint density at radius 1 is 1.17 bits per heavy atom. The summed E-state index contributed by atoms with van der Waals surface area (Å²) in [5, 5.41) is 19.8. The van der Waals surface area contributed by atoms with E-state index in [-0.39, 0.29) is 30.2 Å². The molecule has 0 aromatic heterocycles. The lowest BCUT2D eigenvalue weighted by molar-refractivity contribution is -0.219. The van der Waals surface area contributed by atoms with Crippen molar-refractivity contribution >= 4 is 11.8 Å². The molecule has 3 aliphatic heterocycles. The number of carboxylic acids is 1. The molecule has 8 nitrogen and oxygen atoms in total. The molecule has 2 N–H and O–H groups in total. The minimum atomic E-state index is -1.26. The van der Waals surface area contributed by atoms with E-state index in [1.165, 1.54) is 6.20 Å². The summed E-state index contributed by atoms with van der Waals surface area (Å²) in [6.07, 6.45) is 0.685. The third kappa shape index (κ3) is 3.18. The molecular weight excluding hydrogens is 393 g/mol. The number of hydrogen-bond donors (Lipinski definition) is 2. The Balaban J connectivity index is 1.53. The number of morpholine rings is 1. The highest BCUT2D eigenvalue weighted by Gasteiger charge is 2.60. The minimum absolute atomic E-state index is 0.0293. The fourth-order valence-electron chi connectivity index (χ4n) is 6.27. The van der Waals surface area contributed by atoms with Gasteiger partial charge in [0.25, 0.3) is 0 Å². The molecule has 8 atom stereocenters. The standard InChI is InChI=1S/C21H30FN3O5/c1-23-4-6-24(7-5-23)18-14(22)9-12-17-20(18)30-16-8-11(26)2-3-15(16)25(17)10-13(19(12)27)21(28)29/h10-12,14-18,20,26H,2-9H2,1H3,(H,28,29). The van der Waals surface area contributed by atoms with Gasteiger partial charge in [-0.2, -0.15) is 0 Å². The molecule has 0 aromatic rings. The number of alkyl halides is 1. The predicted octanol–water partition coefficient (Wildman–Crippen LogP) is -0.137. The van der Waals surface area contributed by atoms with Crippen molar-refractivity contribution < 1.29 is 28.9 Å². The van der Waals surface area contributed by atoms with E-state index in [2.05, 4.69) is 9.80 Å². The first-order valence-electron chi connectivity index (χ1n) is 11.0. The van der Waals surface area contributed by atoms with Crippen molar-refractivity contribution in [3.05, 3.63) is 11.8 Å². The monoisotopic (exact) mass is 423 g/mol. The molecule has 0 spiro atoms. The summed E-state index contributed by atoms with van der Waals surface area (Å²) < 4.78 is 22.1.